The molecule has 2 rings (SSSR count). The van der Waals surface area contributed by atoms with Crippen molar-refractivity contribution in [3.05, 3.63) is 34.3 Å². The lowest BCUT2D eigenvalue weighted by atomic mass is 10.1. The second-order valence-electron chi connectivity index (χ2n) is 4.29. The maximum absolute atomic E-state index is 12.0. The topological polar surface area (TPSA) is 38.3 Å². The molecule has 0 aromatic heterocycles. The molecule has 1 fully saturated rings. The van der Waals surface area contributed by atoms with Gasteiger partial charge < -0.3 is 10.1 Å². The quantitative estimate of drug-likeness (QED) is 0.932. The first-order valence-corrected chi connectivity index (χ1v) is 6.65. The number of ether oxygens (including phenoxy) is 1. The fourth-order valence-electron chi connectivity index (χ4n) is 2.02. The van der Waals surface area contributed by atoms with Gasteiger partial charge in [0.15, 0.2) is 0 Å². The van der Waals surface area contributed by atoms with Gasteiger partial charge in [-0.15, -0.1) is 0 Å². The Morgan fingerprint density at radius 1 is 1.53 bits per heavy atom. The van der Waals surface area contributed by atoms with Gasteiger partial charge in [-0.05, 0) is 47.8 Å². The van der Waals surface area contributed by atoms with Crippen molar-refractivity contribution < 1.29 is 9.53 Å². The smallest absolute Gasteiger partial charge is 0.252 e. The fraction of sp³-hybridized carbons (Fsp3) is 0.462. The van der Waals surface area contributed by atoms with Crippen LogP contribution in [0.2, 0.25) is 0 Å². The first-order chi connectivity index (χ1) is 8.18. The van der Waals surface area contributed by atoms with Crippen LogP contribution in [0.1, 0.15) is 30.1 Å². The second kappa shape index (κ2) is 5.65. The number of halogens is 1. The molecule has 1 N–H and O–H groups in total. The summed E-state index contributed by atoms with van der Waals surface area (Å²) in [7, 11) is 0. The minimum atomic E-state index is -0.0551. The van der Waals surface area contributed by atoms with E-state index in [-0.39, 0.29) is 18.1 Å². The molecule has 0 unspecified atom stereocenters. The van der Waals surface area contributed by atoms with E-state index in [1.807, 2.05) is 31.2 Å². The van der Waals surface area contributed by atoms with E-state index in [1.165, 1.54) is 0 Å². The average Bonchev–Trinajstić information content (AvgIpc) is 2.82. The highest BCUT2D eigenvalue weighted by Crippen LogP contribution is 2.18. The number of hydrogen-bond acceptors (Lipinski definition) is 2. The van der Waals surface area contributed by atoms with Crippen molar-refractivity contribution in [1.29, 1.82) is 0 Å². The number of benzene rings is 1. The van der Waals surface area contributed by atoms with Gasteiger partial charge in [-0.1, -0.05) is 12.1 Å². The molecule has 1 saturated heterocycles. The highest BCUT2D eigenvalue weighted by molar-refractivity contribution is 9.10. The number of amides is 1. The maximum Gasteiger partial charge on any atom is 0.252 e. The lowest BCUT2D eigenvalue weighted by Gasteiger charge is -2.20. The molecule has 0 aliphatic carbocycles. The minimum absolute atomic E-state index is 0.0529. The Balaban J connectivity index is 1.99. The average molecular weight is 298 g/mol. The van der Waals surface area contributed by atoms with Gasteiger partial charge in [0.05, 0.1) is 17.7 Å². The molecule has 92 valence electrons. The predicted octanol–water partition coefficient (Wildman–Crippen LogP) is 2.75. The van der Waals surface area contributed by atoms with Crippen LogP contribution in [-0.4, -0.2) is 24.7 Å². The lowest BCUT2D eigenvalue weighted by molar-refractivity contribution is 0.0712. The zero-order valence-corrected chi connectivity index (χ0v) is 11.4. The Morgan fingerprint density at radius 3 is 2.94 bits per heavy atom. The first kappa shape index (κ1) is 12.6. The van der Waals surface area contributed by atoms with Crippen molar-refractivity contribution >= 4 is 21.8 Å². The number of nitrogens with one attached hydrogen (secondary N) is 1. The van der Waals surface area contributed by atoms with E-state index < -0.39 is 0 Å². The Bertz CT molecular complexity index is 402. The molecule has 17 heavy (non-hydrogen) atoms. The summed E-state index contributed by atoms with van der Waals surface area (Å²) in [5, 5.41) is 2.99. The lowest BCUT2D eigenvalue weighted by Crippen LogP contribution is -2.40. The van der Waals surface area contributed by atoms with Crippen LogP contribution in [0.5, 0.6) is 0 Å². The van der Waals surface area contributed by atoms with Crippen molar-refractivity contribution in [3.8, 4) is 0 Å². The van der Waals surface area contributed by atoms with Gasteiger partial charge in [0, 0.05) is 11.1 Å². The van der Waals surface area contributed by atoms with Gasteiger partial charge in [0.25, 0.3) is 5.91 Å². The molecule has 0 radical (unpaired) electrons. The molecule has 1 heterocycles. The number of carbonyl (C=O) groups is 1. The van der Waals surface area contributed by atoms with Crippen LogP contribution in [0.25, 0.3) is 0 Å². The van der Waals surface area contributed by atoms with Crippen molar-refractivity contribution in [2.75, 3.05) is 6.61 Å². The normalized spacial score (nSPS) is 21.2. The van der Waals surface area contributed by atoms with Gasteiger partial charge in [-0.25, -0.2) is 0 Å². The standard InChI is InChI=1S/C13H16BrNO2/c1-9(12-7-4-8-17-12)15-13(16)10-5-2-3-6-11(10)14/h2-3,5-6,9,12H,4,7-8H2,1H3,(H,15,16)/t9-,12-/m0/s1. The van der Waals surface area contributed by atoms with Gasteiger partial charge >= 0.3 is 0 Å². The largest absolute Gasteiger partial charge is 0.376 e. The summed E-state index contributed by atoms with van der Waals surface area (Å²) < 4.78 is 6.37. The highest BCUT2D eigenvalue weighted by atomic mass is 79.9. The summed E-state index contributed by atoms with van der Waals surface area (Å²) in [5.41, 5.74) is 0.664. The van der Waals surface area contributed by atoms with E-state index in [0.717, 1.165) is 23.9 Å². The Hall–Kier alpha value is -0.870. The molecule has 1 aliphatic rings. The van der Waals surface area contributed by atoms with Gasteiger partial charge in [-0.3, -0.25) is 4.79 Å². The van der Waals surface area contributed by atoms with Crippen LogP contribution in [0.3, 0.4) is 0 Å². The van der Waals surface area contributed by atoms with E-state index in [0.29, 0.717) is 5.56 Å². The van der Waals surface area contributed by atoms with Gasteiger partial charge in [0.1, 0.15) is 0 Å². The molecule has 1 aromatic carbocycles. The van der Waals surface area contributed by atoms with Crippen molar-refractivity contribution in [1.82, 2.24) is 5.32 Å². The van der Waals surface area contributed by atoms with Crippen LogP contribution < -0.4 is 5.32 Å². The molecular formula is C13H16BrNO2. The summed E-state index contributed by atoms with van der Waals surface area (Å²) in [6.07, 6.45) is 2.26. The van der Waals surface area contributed by atoms with Crippen molar-refractivity contribution in [3.63, 3.8) is 0 Å². The Labute approximate surface area is 110 Å². The SMILES string of the molecule is C[C@H](NC(=O)c1ccccc1Br)[C@@H]1CCCO1. The minimum Gasteiger partial charge on any atom is -0.376 e. The summed E-state index contributed by atoms with van der Waals surface area (Å²) in [5.74, 6) is -0.0551. The van der Waals surface area contributed by atoms with E-state index in [4.69, 9.17) is 4.74 Å². The van der Waals surface area contributed by atoms with Gasteiger partial charge in [0.2, 0.25) is 0 Å². The fourth-order valence-corrected chi connectivity index (χ4v) is 2.48. The summed E-state index contributed by atoms with van der Waals surface area (Å²) in [6, 6.07) is 7.48. The molecule has 4 heteroatoms. The van der Waals surface area contributed by atoms with Crippen LogP contribution >= 0.6 is 15.9 Å². The third-order valence-electron chi connectivity index (χ3n) is 3.00. The van der Waals surface area contributed by atoms with Gasteiger partial charge in [-0.2, -0.15) is 0 Å². The number of rotatable bonds is 3. The monoisotopic (exact) mass is 297 g/mol. The Kier molecular flexibility index (Phi) is 4.18. The van der Waals surface area contributed by atoms with Crippen molar-refractivity contribution in [2.24, 2.45) is 0 Å². The van der Waals surface area contributed by atoms with E-state index >= 15 is 0 Å². The summed E-state index contributed by atoms with van der Waals surface area (Å²) in [4.78, 5) is 12.0. The second-order valence-corrected chi connectivity index (χ2v) is 5.15. The summed E-state index contributed by atoms with van der Waals surface area (Å²) in [6.45, 7) is 2.80. The highest BCUT2D eigenvalue weighted by Gasteiger charge is 2.24. The molecule has 1 aliphatic heterocycles. The first-order valence-electron chi connectivity index (χ1n) is 5.85. The third-order valence-corrected chi connectivity index (χ3v) is 3.69. The zero-order valence-electron chi connectivity index (χ0n) is 9.78. The molecule has 3 nitrogen and oxygen atoms in total. The molecule has 0 saturated carbocycles. The zero-order chi connectivity index (χ0) is 12.3. The van der Waals surface area contributed by atoms with Crippen LogP contribution in [-0.2, 0) is 4.74 Å². The van der Waals surface area contributed by atoms with Crippen LogP contribution in [0.15, 0.2) is 28.7 Å². The molecule has 0 bridgehead atoms. The summed E-state index contributed by atoms with van der Waals surface area (Å²) >= 11 is 3.38. The van der Waals surface area contributed by atoms with Crippen LogP contribution in [0, 0.1) is 0 Å². The Morgan fingerprint density at radius 2 is 2.29 bits per heavy atom. The molecular weight excluding hydrogens is 282 g/mol. The maximum atomic E-state index is 12.0. The molecule has 1 amide bonds. The molecule has 0 spiro atoms. The van der Waals surface area contributed by atoms with Crippen LogP contribution in [0.4, 0.5) is 0 Å². The number of carbonyl (C=O) groups excluding carboxylic acids is 1. The number of hydrogen-bond donors (Lipinski definition) is 1. The van der Waals surface area contributed by atoms with E-state index in [1.54, 1.807) is 0 Å². The third kappa shape index (κ3) is 3.07. The van der Waals surface area contributed by atoms with E-state index in [2.05, 4.69) is 21.2 Å². The predicted molar refractivity (Wildman–Crippen MR) is 70.0 cm³/mol. The van der Waals surface area contributed by atoms with Crippen molar-refractivity contribution in [2.45, 2.75) is 31.9 Å². The van der Waals surface area contributed by atoms with E-state index in [9.17, 15) is 4.79 Å². The molecule has 1 aromatic rings. The molecule has 2 atom stereocenters.